The zero-order valence-electron chi connectivity index (χ0n) is 11.3. The summed E-state index contributed by atoms with van der Waals surface area (Å²) in [5.74, 6) is -1.58. The van der Waals surface area contributed by atoms with Crippen LogP contribution in [0.5, 0.6) is 0 Å². The maximum Gasteiger partial charge on any atom is 0.328 e. The number of hydrogen-bond donors (Lipinski definition) is 1. The van der Waals surface area contributed by atoms with E-state index in [1.165, 1.54) is 12.1 Å². The summed E-state index contributed by atoms with van der Waals surface area (Å²) in [5, 5.41) is 13.6. The molecule has 1 unspecified atom stereocenters. The molecular weight excluding hydrogens is 275 g/mol. The standard InChI is InChI=1S/C15H15FN2O3/c16-12-7-11-9-17-18(14-3-1-2-6-21-14)13(11)8-10(12)4-5-15(19)20/h4-5,7-9,14H,1-3,6H2,(H,19,20)/b5-4+. The summed E-state index contributed by atoms with van der Waals surface area (Å²) in [4.78, 5) is 10.6. The van der Waals surface area contributed by atoms with Crippen LogP contribution in [0.2, 0.25) is 0 Å². The minimum atomic E-state index is -1.11. The van der Waals surface area contributed by atoms with E-state index in [0.717, 1.165) is 30.9 Å². The number of hydrogen-bond acceptors (Lipinski definition) is 3. The predicted molar refractivity (Wildman–Crippen MR) is 75.2 cm³/mol. The van der Waals surface area contributed by atoms with Crippen molar-refractivity contribution in [2.24, 2.45) is 0 Å². The summed E-state index contributed by atoms with van der Waals surface area (Å²) in [5.41, 5.74) is 0.968. The van der Waals surface area contributed by atoms with Gasteiger partial charge in [0.05, 0.1) is 11.7 Å². The van der Waals surface area contributed by atoms with Gasteiger partial charge in [-0.1, -0.05) is 0 Å². The van der Waals surface area contributed by atoms with Crippen LogP contribution in [0, 0.1) is 5.82 Å². The third kappa shape index (κ3) is 2.80. The molecule has 3 rings (SSSR count). The van der Waals surface area contributed by atoms with Gasteiger partial charge in [0.25, 0.3) is 0 Å². The molecule has 1 N–H and O–H groups in total. The monoisotopic (exact) mass is 290 g/mol. The second-order valence-corrected chi connectivity index (χ2v) is 5.01. The Bertz CT molecular complexity index is 702. The van der Waals surface area contributed by atoms with E-state index in [2.05, 4.69) is 5.10 Å². The quantitative estimate of drug-likeness (QED) is 0.883. The second-order valence-electron chi connectivity index (χ2n) is 5.01. The predicted octanol–water partition coefficient (Wildman–Crippen LogP) is 2.97. The molecule has 0 aliphatic carbocycles. The van der Waals surface area contributed by atoms with Crippen LogP contribution in [0.25, 0.3) is 17.0 Å². The molecule has 2 aromatic rings. The summed E-state index contributed by atoms with van der Waals surface area (Å²) in [6.45, 7) is 0.693. The van der Waals surface area contributed by atoms with Crippen molar-refractivity contribution in [1.29, 1.82) is 0 Å². The number of ether oxygens (including phenoxy) is 1. The van der Waals surface area contributed by atoms with E-state index < -0.39 is 11.8 Å². The van der Waals surface area contributed by atoms with Gasteiger partial charge in [-0.2, -0.15) is 5.10 Å². The van der Waals surface area contributed by atoms with E-state index in [-0.39, 0.29) is 11.8 Å². The number of carbonyl (C=O) groups is 1. The van der Waals surface area contributed by atoms with Crippen LogP contribution in [0.1, 0.15) is 31.1 Å². The average Bonchev–Trinajstić information content (AvgIpc) is 2.88. The first-order valence-corrected chi connectivity index (χ1v) is 6.84. The highest BCUT2D eigenvalue weighted by Gasteiger charge is 2.19. The SMILES string of the molecule is O=C(O)/C=C/c1cc2c(cnn2C2CCCCO2)cc1F. The number of rotatable bonds is 3. The molecule has 0 radical (unpaired) electrons. The first kappa shape index (κ1) is 13.8. The molecule has 0 bridgehead atoms. The fraction of sp³-hybridized carbons (Fsp3) is 0.333. The molecular formula is C15H15FN2O3. The number of aromatic nitrogens is 2. The van der Waals surface area contributed by atoms with Crippen LogP contribution in [-0.4, -0.2) is 27.5 Å². The van der Waals surface area contributed by atoms with Gasteiger partial charge in [-0.05, 0) is 37.5 Å². The second kappa shape index (κ2) is 5.65. The molecule has 110 valence electrons. The zero-order valence-corrected chi connectivity index (χ0v) is 11.3. The van der Waals surface area contributed by atoms with Crippen molar-refractivity contribution < 1.29 is 19.0 Å². The number of aliphatic carboxylic acids is 1. The van der Waals surface area contributed by atoms with Crippen molar-refractivity contribution in [2.75, 3.05) is 6.61 Å². The Balaban J connectivity index is 2.03. The van der Waals surface area contributed by atoms with E-state index in [4.69, 9.17) is 9.84 Å². The average molecular weight is 290 g/mol. The Morgan fingerprint density at radius 1 is 1.48 bits per heavy atom. The molecule has 1 aliphatic rings. The molecule has 6 heteroatoms. The minimum Gasteiger partial charge on any atom is -0.478 e. The van der Waals surface area contributed by atoms with Gasteiger partial charge in [0.2, 0.25) is 0 Å². The van der Waals surface area contributed by atoms with Crippen LogP contribution < -0.4 is 0 Å². The Morgan fingerprint density at radius 3 is 3.05 bits per heavy atom. The number of benzene rings is 1. The summed E-state index contributed by atoms with van der Waals surface area (Å²) in [7, 11) is 0. The lowest BCUT2D eigenvalue weighted by Gasteiger charge is -2.23. The molecule has 1 aliphatic heterocycles. The van der Waals surface area contributed by atoms with E-state index >= 15 is 0 Å². The van der Waals surface area contributed by atoms with Crippen molar-refractivity contribution in [1.82, 2.24) is 9.78 Å². The van der Waals surface area contributed by atoms with Crippen molar-refractivity contribution in [3.05, 3.63) is 35.8 Å². The highest BCUT2D eigenvalue weighted by Crippen LogP contribution is 2.27. The van der Waals surface area contributed by atoms with Crippen LogP contribution in [0.4, 0.5) is 4.39 Å². The number of fused-ring (bicyclic) bond motifs is 1. The fourth-order valence-corrected chi connectivity index (χ4v) is 2.52. The van der Waals surface area contributed by atoms with Gasteiger partial charge in [0.1, 0.15) is 5.82 Å². The largest absolute Gasteiger partial charge is 0.478 e. The van der Waals surface area contributed by atoms with Crippen LogP contribution in [-0.2, 0) is 9.53 Å². The number of carboxylic acid groups (broad SMARTS) is 1. The lowest BCUT2D eigenvalue weighted by molar-refractivity contribution is -0.131. The van der Waals surface area contributed by atoms with E-state index in [0.29, 0.717) is 12.0 Å². The van der Waals surface area contributed by atoms with Gasteiger partial charge in [-0.15, -0.1) is 0 Å². The number of nitrogens with zero attached hydrogens (tertiary/aromatic N) is 2. The summed E-state index contributed by atoms with van der Waals surface area (Å²) in [6, 6.07) is 2.97. The zero-order chi connectivity index (χ0) is 14.8. The molecule has 0 spiro atoms. The third-order valence-electron chi connectivity index (χ3n) is 3.55. The molecule has 1 saturated heterocycles. The van der Waals surface area contributed by atoms with Crippen molar-refractivity contribution in [3.63, 3.8) is 0 Å². The molecule has 1 fully saturated rings. The maximum absolute atomic E-state index is 13.9. The number of carboxylic acids is 1. The summed E-state index contributed by atoms with van der Waals surface area (Å²) < 4.78 is 21.3. The summed E-state index contributed by atoms with van der Waals surface area (Å²) in [6.07, 6.45) is 6.60. The normalized spacial score (nSPS) is 19.4. The molecule has 0 amide bonds. The molecule has 0 saturated carbocycles. The van der Waals surface area contributed by atoms with E-state index in [9.17, 15) is 9.18 Å². The summed E-state index contributed by atoms with van der Waals surface area (Å²) >= 11 is 0. The van der Waals surface area contributed by atoms with Gasteiger partial charge in [-0.3, -0.25) is 0 Å². The smallest absolute Gasteiger partial charge is 0.328 e. The molecule has 1 atom stereocenters. The molecule has 1 aromatic heterocycles. The lowest BCUT2D eigenvalue weighted by atomic mass is 10.1. The molecule has 21 heavy (non-hydrogen) atoms. The highest BCUT2D eigenvalue weighted by molar-refractivity contribution is 5.87. The molecule has 5 nitrogen and oxygen atoms in total. The Kier molecular flexibility index (Phi) is 3.70. The third-order valence-corrected chi connectivity index (χ3v) is 3.55. The van der Waals surface area contributed by atoms with E-state index in [1.807, 2.05) is 0 Å². The first-order chi connectivity index (χ1) is 10.1. The van der Waals surface area contributed by atoms with Gasteiger partial charge in [0.15, 0.2) is 6.23 Å². The Hall–Kier alpha value is -2.21. The Morgan fingerprint density at radius 2 is 2.33 bits per heavy atom. The maximum atomic E-state index is 13.9. The van der Waals surface area contributed by atoms with Gasteiger partial charge < -0.3 is 9.84 Å². The van der Waals surface area contributed by atoms with Crippen LogP contribution in [0.3, 0.4) is 0 Å². The van der Waals surface area contributed by atoms with Crippen molar-refractivity contribution >= 4 is 22.9 Å². The van der Waals surface area contributed by atoms with E-state index in [1.54, 1.807) is 16.9 Å². The highest BCUT2D eigenvalue weighted by atomic mass is 19.1. The van der Waals surface area contributed by atoms with Gasteiger partial charge in [0, 0.05) is 23.6 Å². The topological polar surface area (TPSA) is 64.3 Å². The van der Waals surface area contributed by atoms with Crippen molar-refractivity contribution in [2.45, 2.75) is 25.5 Å². The molecule has 1 aromatic carbocycles. The lowest BCUT2D eigenvalue weighted by Crippen LogP contribution is -2.19. The van der Waals surface area contributed by atoms with Crippen LogP contribution >= 0.6 is 0 Å². The van der Waals surface area contributed by atoms with Crippen molar-refractivity contribution in [3.8, 4) is 0 Å². The first-order valence-electron chi connectivity index (χ1n) is 6.84. The minimum absolute atomic E-state index is 0.141. The number of halogens is 1. The fourth-order valence-electron chi connectivity index (χ4n) is 2.52. The molecule has 2 heterocycles. The Labute approximate surface area is 120 Å². The van der Waals surface area contributed by atoms with Gasteiger partial charge in [-0.25, -0.2) is 13.9 Å². The van der Waals surface area contributed by atoms with Crippen LogP contribution in [0.15, 0.2) is 24.4 Å². The van der Waals surface area contributed by atoms with Gasteiger partial charge >= 0.3 is 5.97 Å².